The summed E-state index contributed by atoms with van der Waals surface area (Å²) in [7, 11) is 0. The zero-order valence-corrected chi connectivity index (χ0v) is 15.6. The second-order valence-corrected chi connectivity index (χ2v) is 7.89. The van der Waals surface area contributed by atoms with Crippen molar-refractivity contribution in [1.82, 2.24) is 15.2 Å². The maximum absolute atomic E-state index is 12.8. The number of amides is 1. The smallest absolute Gasteiger partial charge is 0.254 e. The van der Waals surface area contributed by atoms with Gasteiger partial charge in [-0.3, -0.25) is 4.79 Å². The van der Waals surface area contributed by atoms with Gasteiger partial charge in [0.1, 0.15) is 5.82 Å². The van der Waals surface area contributed by atoms with Gasteiger partial charge in [-0.1, -0.05) is 12.1 Å². The highest BCUT2D eigenvalue weighted by Crippen LogP contribution is 2.31. The van der Waals surface area contributed by atoms with E-state index < -0.39 is 0 Å². The molecule has 4 heterocycles. The molecule has 0 radical (unpaired) electrons. The van der Waals surface area contributed by atoms with Gasteiger partial charge in [0.2, 0.25) is 0 Å². The minimum atomic E-state index is 0.182. The number of piperidine rings is 1. The number of carbonyl (C=O) groups excluding carboxylic acids is 1. The summed E-state index contributed by atoms with van der Waals surface area (Å²) in [5, 5.41) is 6.88. The zero-order chi connectivity index (χ0) is 18.2. The average molecular weight is 362 g/mol. The number of hydrogen-bond acceptors (Lipinski definition) is 4. The molecular weight excluding hydrogens is 336 g/mol. The van der Waals surface area contributed by atoms with Crippen LogP contribution in [-0.4, -0.2) is 41.5 Å². The van der Waals surface area contributed by atoms with Crippen LogP contribution in [0.3, 0.4) is 0 Å². The Morgan fingerprint density at radius 1 is 1.04 bits per heavy atom. The van der Waals surface area contributed by atoms with Crippen LogP contribution >= 0.6 is 0 Å². The number of nitrogens with one attached hydrogen (secondary N) is 2. The molecule has 1 atom stereocenters. The highest BCUT2D eigenvalue weighted by atomic mass is 16.2. The summed E-state index contributed by atoms with van der Waals surface area (Å²) in [6.45, 7) is 3.68. The van der Waals surface area contributed by atoms with E-state index in [9.17, 15) is 4.79 Å². The van der Waals surface area contributed by atoms with Crippen molar-refractivity contribution < 1.29 is 4.79 Å². The number of nitrogens with zero attached hydrogens (tertiary/aromatic N) is 2. The lowest BCUT2D eigenvalue weighted by Crippen LogP contribution is -2.46. The van der Waals surface area contributed by atoms with E-state index in [2.05, 4.69) is 28.8 Å². The van der Waals surface area contributed by atoms with Crippen LogP contribution in [0.25, 0.3) is 11.3 Å². The molecule has 0 saturated carbocycles. The number of pyridine rings is 1. The highest BCUT2D eigenvalue weighted by Gasteiger charge is 2.33. The van der Waals surface area contributed by atoms with Gasteiger partial charge in [0.05, 0.1) is 5.69 Å². The molecule has 2 aromatic rings. The lowest BCUT2D eigenvalue weighted by Gasteiger charge is -2.31. The molecule has 140 valence electrons. The Balaban J connectivity index is 1.43. The third kappa shape index (κ3) is 3.10. The fourth-order valence-electron chi connectivity index (χ4n) is 4.55. The van der Waals surface area contributed by atoms with E-state index in [0.717, 1.165) is 73.6 Å². The van der Waals surface area contributed by atoms with Gasteiger partial charge in [0.15, 0.2) is 0 Å². The fraction of sp³-hybridized carbons (Fsp3) is 0.455. The summed E-state index contributed by atoms with van der Waals surface area (Å²) in [6.07, 6.45) is 5.74. The van der Waals surface area contributed by atoms with Crippen molar-refractivity contribution in [3.63, 3.8) is 0 Å². The molecule has 0 aliphatic carbocycles. The Hall–Kier alpha value is -2.40. The van der Waals surface area contributed by atoms with Gasteiger partial charge in [-0.25, -0.2) is 4.98 Å². The Labute approximate surface area is 160 Å². The summed E-state index contributed by atoms with van der Waals surface area (Å²) in [6, 6.07) is 10.8. The van der Waals surface area contributed by atoms with Crippen molar-refractivity contribution in [2.75, 3.05) is 25.0 Å². The number of carbonyl (C=O) groups is 1. The predicted octanol–water partition coefficient (Wildman–Crippen LogP) is 3.20. The molecule has 5 rings (SSSR count). The normalized spacial score (nSPS) is 22.0. The van der Waals surface area contributed by atoms with Gasteiger partial charge in [-0.2, -0.15) is 0 Å². The molecule has 1 saturated heterocycles. The monoisotopic (exact) mass is 362 g/mol. The number of anilines is 1. The highest BCUT2D eigenvalue weighted by molar-refractivity contribution is 5.99. The summed E-state index contributed by atoms with van der Waals surface area (Å²) < 4.78 is 0. The lowest BCUT2D eigenvalue weighted by molar-refractivity contribution is 0.0674. The molecule has 1 fully saturated rings. The molecular formula is C22H26N4O. The van der Waals surface area contributed by atoms with E-state index >= 15 is 0 Å². The van der Waals surface area contributed by atoms with Crippen LogP contribution in [0.2, 0.25) is 0 Å². The second-order valence-electron chi connectivity index (χ2n) is 7.89. The van der Waals surface area contributed by atoms with E-state index in [4.69, 9.17) is 4.98 Å². The Kier molecular flexibility index (Phi) is 4.32. The van der Waals surface area contributed by atoms with E-state index in [1.165, 1.54) is 18.4 Å². The van der Waals surface area contributed by atoms with Crippen LogP contribution in [0.15, 0.2) is 30.3 Å². The molecule has 3 aliphatic heterocycles. The summed E-state index contributed by atoms with van der Waals surface area (Å²) in [5.41, 5.74) is 5.38. The predicted molar refractivity (Wildman–Crippen MR) is 107 cm³/mol. The first kappa shape index (κ1) is 16.8. The first-order valence-corrected chi connectivity index (χ1v) is 10.2. The molecule has 1 unspecified atom stereocenters. The number of aromatic nitrogens is 1. The van der Waals surface area contributed by atoms with Crippen molar-refractivity contribution in [3.05, 3.63) is 47.0 Å². The van der Waals surface area contributed by atoms with Gasteiger partial charge >= 0.3 is 0 Å². The van der Waals surface area contributed by atoms with Gasteiger partial charge < -0.3 is 15.5 Å². The van der Waals surface area contributed by atoms with Crippen molar-refractivity contribution in [3.8, 4) is 11.3 Å². The van der Waals surface area contributed by atoms with E-state index in [1.807, 2.05) is 17.0 Å². The minimum absolute atomic E-state index is 0.182. The molecule has 5 heteroatoms. The van der Waals surface area contributed by atoms with Gasteiger partial charge in [0, 0.05) is 36.8 Å². The van der Waals surface area contributed by atoms with E-state index in [1.54, 1.807) is 0 Å². The molecule has 1 aromatic heterocycles. The SMILES string of the molecule is O=C1c2ccc(-c3ccc4c(n3)NCCCC4)cc2CN1C1CCCNC1. The molecule has 3 aliphatic rings. The van der Waals surface area contributed by atoms with Crippen LogP contribution in [0.5, 0.6) is 0 Å². The van der Waals surface area contributed by atoms with Gasteiger partial charge in [0.25, 0.3) is 5.91 Å². The van der Waals surface area contributed by atoms with Crippen molar-refractivity contribution in [2.24, 2.45) is 0 Å². The van der Waals surface area contributed by atoms with Crippen LogP contribution in [0.4, 0.5) is 5.82 Å². The number of hydrogen-bond donors (Lipinski definition) is 2. The van der Waals surface area contributed by atoms with Crippen LogP contribution in [0.1, 0.15) is 47.2 Å². The topological polar surface area (TPSA) is 57.3 Å². The molecule has 1 amide bonds. The van der Waals surface area contributed by atoms with Gasteiger partial charge in [-0.05, 0) is 68.0 Å². The summed E-state index contributed by atoms with van der Waals surface area (Å²) in [4.78, 5) is 19.8. The summed E-state index contributed by atoms with van der Waals surface area (Å²) in [5.74, 6) is 1.21. The van der Waals surface area contributed by atoms with E-state index in [0.29, 0.717) is 6.04 Å². The quantitative estimate of drug-likeness (QED) is 0.861. The second kappa shape index (κ2) is 6.97. The zero-order valence-electron chi connectivity index (χ0n) is 15.6. The molecule has 0 bridgehead atoms. The van der Waals surface area contributed by atoms with Crippen LogP contribution < -0.4 is 10.6 Å². The minimum Gasteiger partial charge on any atom is -0.370 e. The third-order valence-corrected chi connectivity index (χ3v) is 6.09. The molecule has 27 heavy (non-hydrogen) atoms. The van der Waals surface area contributed by atoms with Crippen molar-refractivity contribution >= 4 is 11.7 Å². The average Bonchev–Trinajstić information content (AvgIpc) is 2.89. The number of benzene rings is 1. The molecule has 5 nitrogen and oxygen atoms in total. The fourth-order valence-corrected chi connectivity index (χ4v) is 4.55. The maximum Gasteiger partial charge on any atom is 0.254 e. The summed E-state index contributed by atoms with van der Waals surface area (Å²) >= 11 is 0. The Morgan fingerprint density at radius 2 is 2.00 bits per heavy atom. The first-order valence-electron chi connectivity index (χ1n) is 10.2. The Bertz CT molecular complexity index is 873. The van der Waals surface area contributed by atoms with Gasteiger partial charge in [-0.15, -0.1) is 0 Å². The lowest BCUT2D eigenvalue weighted by atomic mass is 10.0. The molecule has 1 aromatic carbocycles. The van der Waals surface area contributed by atoms with Crippen molar-refractivity contribution in [1.29, 1.82) is 0 Å². The third-order valence-electron chi connectivity index (χ3n) is 6.09. The number of rotatable bonds is 2. The molecule has 2 N–H and O–H groups in total. The Morgan fingerprint density at radius 3 is 2.89 bits per heavy atom. The van der Waals surface area contributed by atoms with Crippen LogP contribution in [0, 0.1) is 0 Å². The first-order chi connectivity index (χ1) is 13.3. The molecule has 0 spiro atoms. The largest absolute Gasteiger partial charge is 0.370 e. The maximum atomic E-state index is 12.8. The van der Waals surface area contributed by atoms with E-state index in [-0.39, 0.29) is 5.91 Å². The van der Waals surface area contributed by atoms with Crippen molar-refractivity contribution in [2.45, 2.75) is 44.7 Å². The van der Waals surface area contributed by atoms with Crippen LogP contribution in [-0.2, 0) is 13.0 Å². The number of fused-ring (bicyclic) bond motifs is 2. The standard InChI is InChI=1S/C22H26N4O/c27-22-19-8-6-16(12-17(19)14-26(22)18-5-3-10-23-13-18)20-9-7-15-4-1-2-11-24-21(15)25-20/h6-9,12,18,23H,1-5,10-11,13-14H2,(H,24,25). The number of aryl methyl sites for hydroxylation is 1.